The average Bonchev–Trinajstić information content (AvgIpc) is 2.90. The van der Waals surface area contributed by atoms with Gasteiger partial charge in [-0.2, -0.15) is 0 Å². The van der Waals surface area contributed by atoms with E-state index >= 15 is 0 Å². The first kappa shape index (κ1) is 31.1. The molecule has 0 amide bonds. The Hall–Kier alpha value is -3.43. The molecule has 0 spiro atoms. The third-order valence-electron chi connectivity index (χ3n) is 7.68. The van der Waals surface area contributed by atoms with Gasteiger partial charge in [-0.25, -0.2) is 0 Å². The molecule has 0 aromatic heterocycles. The number of carbonyl (C=O) groups is 1. The summed E-state index contributed by atoms with van der Waals surface area (Å²) >= 11 is 0. The molecule has 0 saturated heterocycles. The Morgan fingerprint density at radius 3 is 1.90 bits per heavy atom. The summed E-state index contributed by atoms with van der Waals surface area (Å²) in [5.74, 6) is 2.43. The standard InChI is InChI=1S/C31H42O8Si/c1-31(2,3)40(9,10)39-23(21-13-11-12-14-22(21)33)17-20(32)15-19-16-24(34-4)28-27(29(19)37-7)25(35-5)18-26(36-6)30(28)38-8/h11-14,16,18,23,33H,15,17H2,1-10H3. The Labute approximate surface area is 238 Å². The fourth-order valence-corrected chi connectivity index (χ4v) is 5.85. The van der Waals surface area contributed by atoms with E-state index in [0.717, 1.165) is 0 Å². The van der Waals surface area contributed by atoms with Crippen molar-refractivity contribution in [2.24, 2.45) is 0 Å². The lowest BCUT2D eigenvalue weighted by Crippen LogP contribution is -2.42. The van der Waals surface area contributed by atoms with Crippen molar-refractivity contribution in [2.45, 2.75) is 57.8 Å². The van der Waals surface area contributed by atoms with Gasteiger partial charge in [-0.15, -0.1) is 0 Å². The highest BCUT2D eigenvalue weighted by Gasteiger charge is 2.40. The van der Waals surface area contributed by atoms with Crippen LogP contribution in [0.4, 0.5) is 0 Å². The third kappa shape index (κ3) is 6.15. The summed E-state index contributed by atoms with van der Waals surface area (Å²) in [6.45, 7) is 10.7. The Kier molecular flexibility index (Phi) is 9.63. The first-order chi connectivity index (χ1) is 18.8. The lowest BCUT2D eigenvalue weighted by molar-refractivity contribution is -0.120. The summed E-state index contributed by atoms with van der Waals surface area (Å²) < 4.78 is 35.2. The normalized spacial score (nSPS) is 12.7. The summed E-state index contributed by atoms with van der Waals surface area (Å²) in [7, 11) is 5.48. The highest BCUT2D eigenvalue weighted by Crippen LogP contribution is 2.51. The maximum Gasteiger partial charge on any atom is 0.192 e. The van der Waals surface area contributed by atoms with Crippen LogP contribution in [0.1, 0.15) is 44.4 Å². The lowest BCUT2D eigenvalue weighted by Gasteiger charge is -2.39. The molecule has 0 aliphatic rings. The predicted molar refractivity (Wildman–Crippen MR) is 159 cm³/mol. The smallest absolute Gasteiger partial charge is 0.192 e. The van der Waals surface area contributed by atoms with Crippen molar-refractivity contribution in [2.75, 3.05) is 35.5 Å². The number of methoxy groups -OCH3 is 5. The number of para-hydroxylation sites is 1. The SMILES string of the molecule is COc1cc(OC)c2c(OC)c(CC(=O)CC(O[Si](C)(C)C(C)(C)C)c3ccccc3O)cc(OC)c2c1OC. The highest BCUT2D eigenvalue weighted by molar-refractivity contribution is 6.74. The van der Waals surface area contributed by atoms with Crippen LogP contribution in [0, 0.1) is 0 Å². The van der Waals surface area contributed by atoms with E-state index in [1.165, 1.54) is 0 Å². The van der Waals surface area contributed by atoms with Gasteiger partial charge in [-0.3, -0.25) is 4.79 Å². The number of phenols is 1. The van der Waals surface area contributed by atoms with Gasteiger partial charge >= 0.3 is 0 Å². The first-order valence-corrected chi connectivity index (χ1v) is 16.1. The number of aromatic hydroxyl groups is 1. The van der Waals surface area contributed by atoms with E-state index in [9.17, 15) is 9.90 Å². The van der Waals surface area contributed by atoms with Gasteiger partial charge in [0.05, 0.1) is 52.4 Å². The van der Waals surface area contributed by atoms with Gasteiger partial charge in [-0.1, -0.05) is 39.0 Å². The topological polar surface area (TPSA) is 92.7 Å². The summed E-state index contributed by atoms with van der Waals surface area (Å²) in [6, 6.07) is 10.5. The fourth-order valence-electron chi connectivity index (χ4n) is 4.57. The molecule has 0 heterocycles. The van der Waals surface area contributed by atoms with Crippen molar-refractivity contribution < 1.29 is 38.0 Å². The zero-order valence-corrected chi connectivity index (χ0v) is 26.3. The maximum atomic E-state index is 13.7. The largest absolute Gasteiger partial charge is 0.508 e. The second kappa shape index (κ2) is 12.4. The van der Waals surface area contributed by atoms with E-state index in [0.29, 0.717) is 50.6 Å². The lowest BCUT2D eigenvalue weighted by atomic mass is 9.95. The van der Waals surface area contributed by atoms with Crippen molar-refractivity contribution in [1.29, 1.82) is 0 Å². The molecule has 8 nitrogen and oxygen atoms in total. The molecule has 0 bridgehead atoms. The van der Waals surface area contributed by atoms with Crippen molar-refractivity contribution in [1.82, 2.24) is 0 Å². The van der Waals surface area contributed by atoms with Crippen molar-refractivity contribution in [3.63, 3.8) is 0 Å². The Morgan fingerprint density at radius 2 is 1.38 bits per heavy atom. The number of hydrogen-bond acceptors (Lipinski definition) is 8. The number of hydrogen-bond donors (Lipinski definition) is 1. The van der Waals surface area contributed by atoms with E-state index < -0.39 is 14.4 Å². The highest BCUT2D eigenvalue weighted by atomic mass is 28.4. The maximum absolute atomic E-state index is 13.7. The molecule has 218 valence electrons. The minimum atomic E-state index is -2.28. The molecule has 0 fully saturated rings. The minimum absolute atomic E-state index is 0.0535. The zero-order valence-electron chi connectivity index (χ0n) is 25.3. The number of carbonyl (C=O) groups excluding carboxylic acids is 1. The molecule has 0 radical (unpaired) electrons. The number of rotatable bonds is 12. The molecule has 0 saturated carbocycles. The number of fused-ring (bicyclic) bond motifs is 1. The number of phenolic OH excluding ortho intramolecular Hbond substituents is 1. The number of benzene rings is 3. The number of ketones is 1. The molecule has 3 rings (SSSR count). The van der Waals surface area contributed by atoms with Gasteiger partial charge in [0.1, 0.15) is 28.8 Å². The Balaban J connectivity index is 2.10. The average molecular weight is 571 g/mol. The summed E-state index contributed by atoms with van der Waals surface area (Å²) in [5, 5.41) is 11.8. The van der Waals surface area contributed by atoms with E-state index in [1.807, 2.05) is 12.1 Å². The summed E-state index contributed by atoms with van der Waals surface area (Å²) in [5.41, 5.74) is 1.23. The van der Waals surface area contributed by atoms with E-state index in [4.69, 9.17) is 28.1 Å². The van der Waals surface area contributed by atoms with E-state index in [-0.39, 0.29) is 29.4 Å². The van der Waals surface area contributed by atoms with Gasteiger partial charge in [0.15, 0.2) is 19.8 Å². The van der Waals surface area contributed by atoms with Gasteiger partial charge < -0.3 is 33.2 Å². The summed E-state index contributed by atoms with van der Waals surface area (Å²) in [6.07, 6.45) is -0.462. The number of Topliss-reactive ketones (excluding diaryl/α,β-unsaturated/α-hetero) is 1. The predicted octanol–water partition coefficient (Wildman–Crippen LogP) is 6.85. The first-order valence-electron chi connectivity index (χ1n) is 13.2. The van der Waals surface area contributed by atoms with Crippen LogP contribution in [0.2, 0.25) is 18.1 Å². The zero-order chi connectivity index (χ0) is 29.8. The van der Waals surface area contributed by atoms with Crippen LogP contribution in [-0.2, 0) is 15.6 Å². The second-order valence-corrected chi connectivity index (χ2v) is 15.9. The number of ether oxygens (including phenoxy) is 5. The van der Waals surface area contributed by atoms with Crippen LogP contribution in [0.3, 0.4) is 0 Å². The fraction of sp³-hybridized carbons (Fsp3) is 0.452. The van der Waals surface area contributed by atoms with E-state index in [1.54, 1.807) is 59.8 Å². The molecule has 1 atom stereocenters. The minimum Gasteiger partial charge on any atom is -0.508 e. The van der Waals surface area contributed by atoms with Gasteiger partial charge in [-0.05, 0) is 30.3 Å². The molecule has 40 heavy (non-hydrogen) atoms. The molecule has 1 unspecified atom stereocenters. The molecular formula is C31H42O8Si. The van der Waals surface area contributed by atoms with Crippen LogP contribution in [-0.4, -0.2) is 54.8 Å². The van der Waals surface area contributed by atoms with Crippen molar-refractivity contribution in [3.05, 3.63) is 47.5 Å². The van der Waals surface area contributed by atoms with E-state index in [2.05, 4.69) is 33.9 Å². The molecule has 3 aromatic carbocycles. The van der Waals surface area contributed by atoms with Gasteiger partial charge in [0.2, 0.25) is 0 Å². The summed E-state index contributed by atoms with van der Waals surface area (Å²) in [4.78, 5) is 13.7. The van der Waals surface area contributed by atoms with Crippen LogP contribution < -0.4 is 23.7 Å². The Morgan fingerprint density at radius 1 is 0.825 bits per heavy atom. The van der Waals surface area contributed by atoms with Crippen LogP contribution >= 0.6 is 0 Å². The van der Waals surface area contributed by atoms with Crippen LogP contribution in [0.25, 0.3) is 10.8 Å². The molecule has 9 heteroatoms. The van der Waals surface area contributed by atoms with Crippen molar-refractivity contribution >= 4 is 24.9 Å². The molecule has 3 aromatic rings. The Bertz CT molecular complexity index is 1360. The third-order valence-corrected chi connectivity index (χ3v) is 12.2. The van der Waals surface area contributed by atoms with Crippen molar-refractivity contribution in [3.8, 4) is 34.5 Å². The second-order valence-electron chi connectivity index (χ2n) is 11.2. The van der Waals surface area contributed by atoms with Crippen LogP contribution in [0.15, 0.2) is 36.4 Å². The monoisotopic (exact) mass is 570 g/mol. The molecular weight excluding hydrogens is 528 g/mol. The van der Waals surface area contributed by atoms with Crippen LogP contribution in [0.5, 0.6) is 34.5 Å². The van der Waals surface area contributed by atoms with Gasteiger partial charge in [0, 0.05) is 30.0 Å². The molecule has 1 N–H and O–H groups in total. The quantitative estimate of drug-likeness (QED) is 0.236. The van der Waals surface area contributed by atoms with Gasteiger partial charge in [0.25, 0.3) is 0 Å². The molecule has 0 aliphatic heterocycles. The molecule has 0 aliphatic carbocycles.